The number of pyridine rings is 1. The molecule has 0 bridgehead atoms. The molecule has 0 aromatic carbocycles. The van der Waals surface area contributed by atoms with E-state index in [2.05, 4.69) is 17.2 Å². The van der Waals surface area contributed by atoms with E-state index < -0.39 is 0 Å². The Morgan fingerprint density at radius 1 is 1.58 bits per heavy atom. The molecule has 1 unspecified atom stereocenters. The molecule has 1 fully saturated rings. The predicted octanol–water partition coefficient (Wildman–Crippen LogP) is 2.80. The SMILES string of the molecule is CC(NC(=O)c1sc2cccnc2c1N)C1CCC1. The van der Waals surface area contributed by atoms with Crippen molar-refractivity contribution >= 4 is 33.1 Å². The maximum Gasteiger partial charge on any atom is 0.263 e. The molecule has 2 aromatic heterocycles. The molecule has 1 saturated carbocycles. The molecule has 0 saturated heterocycles. The molecule has 2 heterocycles. The van der Waals surface area contributed by atoms with Crippen LogP contribution in [-0.2, 0) is 0 Å². The number of nitrogens with zero attached hydrogens (tertiary/aromatic N) is 1. The number of hydrogen-bond acceptors (Lipinski definition) is 4. The molecule has 1 amide bonds. The number of amides is 1. The normalized spacial score (nSPS) is 17.1. The highest BCUT2D eigenvalue weighted by molar-refractivity contribution is 7.21. The summed E-state index contributed by atoms with van der Waals surface area (Å²) < 4.78 is 0.960. The molecule has 2 aromatic rings. The van der Waals surface area contributed by atoms with Crippen LogP contribution in [0.3, 0.4) is 0 Å². The van der Waals surface area contributed by atoms with Gasteiger partial charge in [0.05, 0.1) is 10.4 Å². The van der Waals surface area contributed by atoms with Gasteiger partial charge in [0.25, 0.3) is 5.91 Å². The molecule has 0 spiro atoms. The number of anilines is 1. The highest BCUT2D eigenvalue weighted by Gasteiger charge is 2.26. The Morgan fingerprint density at radius 2 is 2.37 bits per heavy atom. The van der Waals surface area contributed by atoms with E-state index >= 15 is 0 Å². The maximum absolute atomic E-state index is 12.3. The predicted molar refractivity (Wildman–Crippen MR) is 78.3 cm³/mol. The Labute approximate surface area is 116 Å². The number of nitrogens with two attached hydrogens (primary N) is 1. The van der Waals surface area contributed by atoms with E-state index in [0.29, 0.717) is 16.5 Å². The van der Waals surface area contributed by atoms with Gasteiger partial charge in [-0.25, -0.2) is 0 Å². The first-order valence-corrected chi connectivity index (χ1v) is 7.42. The van der Waals surface area contributed by atoms with Crippen molar-refractivity contribution in [2.24, 2.45) is 5.92 Å². The average Bonchev–Trinajstić information content (AvgIpc) is 2.65. The summed E-state index contributed by atoms with van der Waals surface area (Å²) in [6, 6.07) is 4.02. The van der Waals surface area contributed by atoms with Crippen molar-refractivity contribution in [3.63, 3.8) is 0 Å². The maximum atomic E-state index is 12.3. The van der Waals surface area contributed by atoms with Crippen molar-refractivity contribution in [3.05, 3.63) is 23.2 Å². The quantitative estimate of drug-likeness (QED) is 0.905. The van der Waals surface area contributed by atoms with Crippen LogP contribution in [0.4, 0.5) is 5.69 Å². The third-order valence-electron chi connectivity index (χ3n) is 3.90. The van der Waals surface area contributed by atoms with Crippen molar-refractivity contribution < 1.29 is 4.79 Å². The minimum absolute atomic E-state index is 0.0695. The number of carbonyl (C=O) groups is 1. The van der Waals surface area contributed by atoms with Gasteiger partial charge in [-0.1, -0.05) is 6.42 Å². The second-order valence-electron chi connectivity index (χ2n) is 5.15. The number of nitrogens with one attached hydrogen (secondary N) is 1. The minimum atomic E-state index is -0.0695. The summed E-state index contributed by atoms with van der Waals surface area (Å²) in [5.41, 5.74) is 7.25. The van der Waals surface area contributed by atoms with Crippen LogP contribution in [-0.4, -0.2) is 16.9 Å². The smallest absolute Gasteiger partial charge is 0.263 e. The van der Waals surface area contributed by atoms with Crippen LogP contribution >= 0.6 is 11.3 Å². The Bertz CT molecular complexity index is 618. The van der Waals surface area contributed by atoms with Gasteiger partial charge in [0, 0.05) is 12.2 Å². The van der Waals surface area contributed by atoms with Gasteiger partial charge in [-0.3, -0.25) is 9.78 Å². The summed E-state index contributed by atoms with van der Waals surface area (Å²) in [7, 11) is 0. The number of carbonyl (C=O) groups excluding carboxylic acids is 1. The zero-order valence-electron chi connectivity index (χ0n) is 10.8. The first-order valence-electron chi connectivity index (χ1n) is 6.60. The number of hydrogen-bond donors (Lipinski definition) is 2. The van der Waals surface area contributed by atoms with Gasteiger partial charge in [-0.2, -0.15) is 0 Å². The molecule has 4 nitrogen and oxygen atoms in total. The van der Waals surface area contributed by atoms with Gasteiger partial charge >= 0.3 is 0 Å². The van der Waals surface area contributed by atoms with Crippen molar-refractivity contribution in [2.75, 3.05) is 5.73 Å². The standard InChI is InChI=1S/C14H17N3OS/c1-8(9-4-2-5-9)17-14(18)13-11(15)12-10(19-13)6-3-7-16-12/h3,6-9H,2,4-5,15H2,1H3,(H,17,18). The second kappa shape index (κ2) is 4.81. The Hall–Kier alpha value is -1.62. The van der Waals surface area contributed by atoms with E-state index in [-0.39, 0.29) is 11.9 Å². The number of aromatic nitrogens is 1. The van der Waals surface area contributed by atoms with Gasteiger partial charge in [-0.05, 0) is 37.8 Å². The van der Waals surface area contributed by atoms with Gasteiger partial charge < -0.3 is 11.1 Å². The minimum Gasteiger partial charge on any atom is -0.396 e. The van der Waals surface area contributed by atoms with E-state index in [4.69, 9.17) is 5.73 Å². The summed E-state index contributed by atoms with van der Waals surface area (Å²) in [6.07, 6.45) is 5.40. The average molecular weight is 275 g/mol. The van der Waals surface area contributed by atoms with Gasteiger partial charge in [0.1, 0.15) is 10.4 Å². The molecular weight excluding hydrogens is 258 g/mol. The second-order valence-corrected chi connectivity index (χ2v) is 6.20. The molecule has 100 valence electrons. The molecule has 5 heteroatoms. The van der Waals surface area contributed by atoms with Crippen molar-refractivity contribution in [2.45, 2.75) is 32.2 Å². The van der Waals surface area contributed by atoms with Gasteiger partial charge in [0.15, 0.2) is 0 Å². The molecule has 0 aliphatic heterocycles. The Kier molecular flexibility index (Phi) is 3.14. The van der Waals surface area contributed by atoms with Crippen molar-refractivity contribution in [3.8, 4) is 0 Å². The summed E-state index contributed by atoms with van der Waals surface area (Å²) in [4.78, 5) is 17.1. The molecule has 19 heavy (non-hydrogen) atoms. The van der Waals surface area contributed by atoms with Gasteiger partial charge in [-0.15, -0.1) is 11.3 Å². The van der Waals surface area contributed by atoms with Crippen molar-refractivity contribution in [1.29, 1.82) is 0 Å². The van der Waals surface area contributed by atoms with E-state index in [9.17, 15) is 4.79 Å². The Balaban J connectivity index is 1.82. The summed E-state index contributed by atoms with van der Waals surface area (Å²) >= 11 is 1.41. The highest BCUT2D eigenvalue weighted by Crippen LogP contribution is 2.33. The lowest BCUT2D eigenvalue weighted by molar-refractivity contribution is 0.0914. The lowest BCUT2D eigenvalue weighted by Gasteiger charge is -2.31. The summed E-state index contributed by atoms with van der Waals surface area (Å²) in [5, 5.41) is 3.06. The molecule has 1 aliphatic rings. The fraction of sp³-hybridized carbons (Fsp3) is 0.429. The summed E-state index contributed by atoms with van der Waals surface area (Å²) in [5.74, 6) is 0.553. The van der Waals surface area contributed by atoms with Crippen LogP contribution in [0.25, 0.3) is 10.2 Å². The van der Waals surface area contributed by atoms with E-state index in [0.717, 1.165) is 10.2 Å². The number of thiophene rings is 1. The fourth-order valence-electron chi connectivity index (χ4n) is 2.45. The fourth-order valence-corrected chi connectivity index (χ4v) is 3.43. The lowest BCUT2D eigenvalue weighted by atomic mass is 9.80. The first-order chi connectivity index (χ1) is 9.16. The molecule has 1 aliphatic carbocycles. The first kappa shape index (κ1) is 12.4. The molecular formula is C14H17N3OS. The third kappa shape index (κ3) is 2.18. The largest absolute Gasteiger partial charge is 0.396 e. The van der Waals surface area contributed by atoms with Crippen LogP contribution in [0.1, 0.15) is 35.9 Å². The van der Waals surface area contributed by atoms with Crippen LogP contribution in [0.5, 0.6) is 0 Å². The number of nitrogen functional groups attached to an aromatic ring is 1. The van der Waals surface area contributed by atoms with Crippen LogP contribution in [0.15, 0.2) is 18.3 Å². The molecule has 3 rings (SSSR count). The highest BCUT2D eigenvalue weighted by atomic mass is 32.1. The van der Waals surface area contributed by atoms with Crippen LogP contribution in [0, 0.1) is 5.92 Å². The lowest BCUT2D eigenvalue weighted by Crippen LogP contribution is -2.40. The summed E-state index contributed by atoms with van der Waals surface area (Å²) in [6.45, 7) is 2.07. The monoisotopic (exact) mass is 275 g/mol. The van der Waals surface area contributed by atoms with Crippen LogP contribution < -0.4 is 11.1 Å². The van der Waals surface area contributed by atoms with Gasteiger partial charge in [0.2, 0.25) is 0 Å². The van der Waals surface area contributed by atoms with E-state index in [1.165, 1.54) is 30.6 Å². The zero-order valence-corrected chi connectivity index (χ0v) is 11.7. The molecule has 3 N–H and O–H groups in total. The zero-order chi connectivity index (χ0) is 13.4. The number of rotatable bonds is 3. The topological polar surface area (TPSA) is 68.0 Å². The Morgan fingerprint density at radius 3 is 3.00 bits per heavy atom. The van der Waals surface area contributed by atoms with E-state index in [1.807, 2.05) is 12.1 Å². The molecule has 1 atom stereocenters. The van der Waals surface area contributed by atoms with Crippen molar-refractivity contribution in [1.82, 2.24) is 10.3 Å². The third-order valence-corrected chi connectivity index (χ3v) is 5.06. The molecule has 0 radical (unpaired) electrons. The van der Waals surface area contributed by atoms with E-state index in [1.54, 1.807) is 6.20 Å². The number of fused-ring (bicyclic) bond motifs is 1. The van der Waals surface area contributed by atoms with Crippen LogP contribution in [0.2, 0.25) is 0 Å².